The summed E-state index contributed by atoms with van der Waals surface area (Å²) in [5, 5.41) is 5.48. The average Bonchev–Trinajstić information content (AvgIpc) is 3.41. The van der Waals surface area contributed by atoms with Gasteiger partial charge in [-0.05, 0) is 56.5 Å². The van der Waals surface area contributed by atoms with Crippen molar-refractivity contribution in [1.29, 1.82) is 0 Å². The van der Waals surface area contributed by atoms with Gasteiger partial charge in [-0.25, -0.2) is 4.68 Å². The van der Waals surface area contributed by atoms with Gasteiger partial charge in [0.15, 0.2) is 0 Å². The molecule has 0 amide bonds. The molecule has 3 heterocycles. The fourth-order valence-corrected chi connectivity index (χ4v) is 4.57. The van der Waals surface area contributed by atoms with Crippen molar-refractivity contribution in [3.8, 4) is 11.4 Å². The molecule has 4 aromatic rings. The second kappa shape index (κ2) is 8.91. The molecule has 0 N–H and O–H groups in total. The largest absolute Gasteiger partial charge is 0.490 e. The standard InChI is InChI=1S/C26H26N4O2/c1-18-12-22(10-11-27-18)30-25-17-28-21(13-20(25)16-29-30)15-23(31)14-19-6-5-9-26(19)32-24-7-3-2-4-8-24/h2-4,7-8,10-13,16-17,19,26H,5-6,9,14-15H2,1H3/t19-,26+/m1/s1. The highest BCUT2D eigenvalue weighted by Crippen LogP contribution is 2.32. The number of rotatable bonds is 7. The van der Waals surface area contributed by atoms with E-state index in [1.54, 1.807) is 12.4 Å². The summed E-state index contributed by atoms with van der Waals surface area (Å²) in [5.74, 6) is 1.36. The molecule has 162 valence electrons. The van der Waals surface area contributed by atoms with Crippen molar-refractivity contribution in [1.82, 2.24) is 19.7 Å². The SMILES string of the molecule is Cc1cc(-n2ncc3cc(CC(=O)C[C@H]4CCC[C@@H]4Oc4ccccc4)ncc32)ccn1. The van der Waals surface area contributed by atoms with Crippen molar-refractivity contribution >= 4 is 16.7 Å². The van der Waals surface area contributed by atoms with Crippen LogP contribution in [0, 0.1) is 12.8 Å². The maximum Gasteiger partial charge on any atom is 0.139 e. The van der Waals surface area contributed by atoms with Crippen molar-refractivity contribution in [2.75, 3.05) is 0 Å². The molecule has 0 unspecified atom stereocenters. The predicted octanol–water partition coefficient (Wildman–Crippen LogP) is 4.87. The second-order valence-corrected chi connectivity index (χ2v) is 8.53. The Morgan fingerprint density at radius 2 is 1.97 bits per heavy atom. The molecule has 1 aromatic carbocycles. The van der Waals surface area contributed by atoms with E-state index in [1.807, 2.05) is 66.3 Å². The number of pyridine rings is 2. The first kappa shape index (κ1) is 20.4. The Bertz CT molecular complexity index is 1240. The minimum absolute atomic E-state index is 0.110. The Morgan fingerprint density at radius 1 is 1.09 bits per heavy atom. The van der Waals surface area contributed by atoms with E-state index >= 15 is 0 Å². The maximum absolute atomic E-state index is 12.8. The van der Waals surface area contributed by atoms with Crippen LogP contribution in [0.4, 0.5) is 0 Å². The summed E-state index contributed by atoms with van der Waals surface area (Å²) in [6.45, 7) is 1.96. The van der Waals surface area contributed by atoms with E-state index < -0.39 is 0 Å². The van der Waals surface area contributed by atoms with Gasteiger partial charge in [-0.3, -0.25) is 14.8 Å². The minimum Gasteiger partial charge on any atom is -0.490 e. The maximum atomic E-state index is 12.8. The van der Waals surface area contributed by atoms with Gasteiger partial charge < -0.3 is 4.74 Å². The fourth-order valence-electron chi connectivity index (χ4n) is 4.57. The Kier molecular flexibility index (Phi) is 5.67. The summed E-state index contributed by atoms with van der Waals surface area (Å²) in [6, 6.07) is 15.8. The molecule has 1 aliphatic rings. The summed E-state index contributed by atoms with van der Waals surface area (Å²) >= 11 is 0. The molecule has 0 radical (unpaired) electrons. The highest BCUT2D eigenvalue weighted by molar-refractivity contribution is 5.84. The number of hydrogen-bond donors (Lipinski definition) is 0. The smallest absolute Gasteiger partial charge is 0.139 e. The molecule has 2 atom stereocenters. The zero-order valence-corrected chi connectivity index (χ0v) is 18.1. The first-order valence-corrected chi connectivity index (χ1v) is 11.1. The third-order valence-electron chi connectivity index (χ3n) is 6.12. The molecule has 6 heteroatoms. The number of ether oxygens (including phenoxy) is 1. The topological polar surface area (TPSA) is 69.9 Å². The summed E-state index contributed by atoms with van der Waals surface area (Å²) in [7, 11) is 0. The number of ketones is 1. The molecule has 1 aliphatic carbocycles. The molecule has 6 nitrogen and oxygen atoms in total. The van der Waals surface area contributed by atoms with Gasteiger partial charge in [-0.2, -0.15) is 5.10 Å². The van der Waals surface area contributed by atoms with Crippen molar-refractivity contribution in [3.05, 3.63) is 78.5 Å². The number of fused-ring (bicyclic) bond motifs is 1. The first-order chi connectivity index (χ1) is 15.7. The zero-order chi connectivity index (χ0) is 21.9. The number of carbonyl (C=O) groups is 1. The molecule has 0 saturated heterocycles. The van der Waals surface area contributed by atoms with Crippen LogP contribution in [0.1, 0.15) is 37.1 Å². The minimum atomic E-state index is 0.110. The van der Waals surface area contributed by atoms with Gasteiger partial charge in [0.25, 0.3) is 0 Å². The lowest BCUT2D eigenvalue weighted by Crippen LogP contribution is -2.24. The number of Topliss-reactive ketones (excluding diaryl/α,β-unsaturated/α-hetero) is 1. The Balaban J connectivity index is 1.26. The van der Waals surface area contributed by atoms with Crippen LogP contribution >= 0.6 is 0 Å². The van der Waals surface area contributed by atoms with E-state index in [1.165, 1.54) is 0 Å². The zero-order valence-electron chi connectivity index (χ0n) is 18.1. The first-order valence-electron chi connectivity index (χ1n) is 11.1. The van der Waals surface area contributed by atoms with Gasteiger partial charge in [-0.15, -0.1) is 0 Å². The lowest BCUT2D eigenvalue weighted by Gasteiger charge is -2.20. The lowest BCUT2D eigenvalue weighted by atomic mass is 9.96. The van der Waals surface area contributed by atoms with Gasteiger partial charge in [0, 0.05) is 41.7 Å². The quantitative estimate of drug-likeness (QED) is 0.422. The van der Waals surface area contributed by atoms with Gasteiger partial charge in [0.1, 0.15) is 17.6 Å². The van der Waals surface area contributed by atoms with Gasteiger partial charge in [0.2, 0.25) is 0 Å². The third kappa shape index (κ3) is 4.40. The van der Waals surface area contributed by atoms with Gasteiger partial charge >= 0.3 is 0 Å². The number of nitrogens with zero attached hydrogens (tertiary/aromatic N) is 4. The van der Waals surface area contributed by atoms with Crippen LogP contribution in [-0.4, -0.2) is 31.6 Å². The average molecular weight is 427 g/mol. The van der Waals surface area contributed by atoms with Crippen molar-refractivity contribution in [2.24, 2.45) is 5.92 Å². The second-order valence-electron chi connectivity index (χ2n) is 8.53. The predicted molar refractivity (Wildman–Crippen MR) is 123 cm³/mol. The summed E-state index contributed by atoms with van der Waals surface area (Å²) < 4.78 is 8.02. The lowest BCUT2D eigenvalue weighted by molar-refractivity contribution is -0.119. The number of aromatic nitrogens is 4. The molecule has 0 spiro atoms. The van der Waals surface area contributed by atoms with E-state index in [-0.39, 0.29) is 17.8 Å². The highest BCUT2D eigenvalue weighted by Gasteiger charge is 2.30. The van der Waals surface area contributed by atoms with E-state index in [0.717, 1.165) is 53.0 Å². The molecule has 1 saturated carbocycles. The number of aryl methyl sites for hydroxylation is 1. The molecule has 0 aliphatic heterocycles. The third-order valence-corrected chi connectivity index (χ3v) is 6.12. The number of hydrogen-bond acceptors (Lipinski definition) is 5. The van der Waals surface area contributed by atoms with Crippen LogP contribution in [0.15, 0.2) is 67.1 Å². The number of benzene rings is 1. The monoisotopic (exact) mass is 426 g/mol. The van der Waals surface area contributed by atoms with Crippen LogP contribution in [-0.2, 0) is 11.2 Å². The van der Waals surface area contributed by atoms with Crippen molar-refractivity contribution in [2.45, 2.75) is 45.1 Å². The molecule has 5 rings (SSSR count). The molecule has 32 heavy (non-hydrogen) atoms. The van der Waals surface area contributed by atoms with E-state index in [4.69, 9.17) is 4.74 Å². The van der Waals surface area contributed by atoms with Crippen molar-refractivity contribution in [3.63, 3.8) is 0 Å². The summed E-state index contributed by atoms with van der Waals surface area (Å²) in [6.07, 6.45) is 9.52. The van der Waals surface area contributed by atoms with Crippen LogP contribution in [0.25, 0.3) is 16.6 Å². The highest BCUT2D eigenvalue weighted by atomic mass is 16.5. The van der Waals surface area contributed by atoms with E-state index in [9.17, 15) is 4.79 Å². The molecule has 3 aromatic heterocycles. The van der Waals surface area contributed by atoms with E-state index in [0.29, 0.717) is 12.8 Å². The Labute approximate surface area is 187 Å². The van der Waals surface area contributed by atoms with Gasteiger partial charge in [0.05, 0.1) is 23.6 Å². The van der Waals surface area contributed by atoms with Crippen molar-refractivity contribution < 1.29 is 9.53 Å². The van der Waals surface area contributed by atoms with Gasteiger partial charge in [-0.1, -0.05) is 18.2 Å². The van der Waals surface area contributed by atoms with E-state index in [2.05, 4.69) is 15.1 Å². The molecule has 1 fully saturated rings. The molecular weight excluding hydrogens is 400 g/mol. The Morgan fingerprint density at radius 3 is 2.81 bits per heavy atom. The van der Waals surface area contributed by atoms with Crippen LogP contribution in [0.2, 0.25) is 0 Å². The van der Waals surface area contributed by atoms with Crippen LogP contribution in [0.3, 0.4) is 0 Å². The normalized spacial score (nSPS) is 18.2. The molecular formula is C26H26N4O2. The number of carbonyl (C=O) groups excluding carboxylic acids is 1. The molecule has 0 bridgehead atoms. The Hall–Kier alpha value is -3.54. The fraction of sp³-hybridized carbons (Fsp3) is 0.308. The summed E-state index contributed by atoms with van der Waals surface area (Å²) in [4.78, 5) is 21.6. The number of para-hydroxylation sites is 1. The van der Waals surface area contributed by atoms with Crippen LogP contribution < -0.4 is 4.74 Å². The summed E-state index contributed by atoms with van der Waals surface area (Å²) in [5.41, 5.74) is 3.58. The van der Waals surface area contributed by atoms with Crippen LogP contribution in [0.5, 0.6) is 5.75 Å².